The van der Waals surface area contributed by atoms with Gasteiger partial charge in [-0.05, 0) is 26.7 Å². The Morgan fingerprint density at radius 2 is 1.89 bits per heavy atom. The van der Waals surface area contributed by atoms with E-state index >= 15 is 0 Å². The molecule has 0 rings (SSSR count). The number of rotatable bonds is 7. The predicted molar refractivity (Wildman–Crippen MR) is 65.9 cm³/mol. The number of urea groups is 1. The first-order chi connectivity index (χ1) is 8.18. The summed E-state index contributed by atoms with van der Waals surface area (Å²) >= 11 is 0. The summed E-state index contributed by atoms with van der Waals surface area (Å²) in [5.41, 5.74) is 4.51. The average Bonchev–Trinajstić information content (AvgIpc) is 2.22. The Bertz CT molecular complexity index is 328. The van der Waals surface area contributed by atoms with Gasteiger partial charge in [-0.1, -0.05) is 6.92 Å². The summed E-state index contributed by atoms with van der Waals surface area (Å²) < 4.78 is 0. The van der Waals surface area contributed by atoms with E-state index in [1.54, 1.807) is 0 Å². The molecule has 0 aliphatic rings. The molecule has 0 saturated heterocycles. The van der Waals surface area contributed by atoms with Crippen molar-refractivity contribution in [3.8, 4) is 0 Å². The maximum absolute atomic E-state index is 11.6. The first kappa shape index (κ1) is 16.2. The van der Waals surface area contributed by atoms with E-state index in [1.807, 2.05) is 20.8 Å². The second-order valence-electron chi connectivity index (χ2n) is 4.73. The lowest BCUT2D eigenvalue weighted by atomic mass is 10.0. The highest BCUT2D eigenvalue weighted by molar-refractivity contribution is 5.83. The van der Waals surface area contributed by atoms with E-state index in [2.05, 4.69) is 10.6 Å². The highest BCUT2D eigenvalue weighted by Gasteiger charge is 2.23. The topological polar surface area (TPSA) is 122 Å². The van der Waals surface area contributed by atoms with Gasteiger partial charge >= 0.3 is 12.0 Å². The van der Waals surface area contributed by atoms with Gasteiger partial charge in [-0.2, -0.15) is 0 Å². The zero-order valence-electron chi connectivity index (χ0n) is 10.9. The zero-order chi connectivity index (χ0) is 14.3. The van der Waals surface area contributed by atoms with Crippen LogP contribution in [0.2, 0.25) is 0 Å². The third-order valence-corrected chi connectivity index (χ3v) is 2.62. The van der Waals surface area contributed by atoms with Crippen LogP contribution in [0.25, 0.3) is 0 Å². The van der Waals surface area contributed by atoms with Gasteiger partial charge < -0.3 is 21.5 Å². The molecule has 7 heteroatoms. The van der Waals surface area contributed by atoms with Crippen molar-refractivity contribution in [3.63, 3.8) is 0 Å². The number of carbonyl (C=O) groups excluding carboxylic acids is 2. The smallest absolute Gasteiger partial charge is 0.326 e. The van der Waals surface area contributed by atoms with Crippen LogP contribution in [0.15, 0.2) is 0 Å². The second-order valence-corrected chi connectivity index (χ2v) is 4.73. The molecular formula is C11H21N3O4. The third kappa shape index (κ3) is 6.72. The summed E-state index contributed by atoms with van der Waals surface area (Å²) in [6, 6.07) is -1.69. The van der Waals surface area contributed by atoms with E-state index in [4.69, 9.17) is 10.8 Å². The number of hydrogen-bond donors (Lipinski definition) is 4. The van der Waals surface area contributed by atoms with Crippen molar-refractivity contribution in [2.24, 2.45) is 5.73 Å². The van der Waals surface area contributed by atoms with Crippen molar-refractivity contribution in [2.75, 3.05) is 0 Å². The molecule has 0 aliphatic carbocycles. The summed E-state index contributed by atoms with van der Waals surface area (Å²) in [6.07, 6.45) is 0.596. The number of primary amides is 1. The van der Waals surface area contributed by atoms with Gasteiger partial charge in [0.05, 0.1) is 0 Å². The molecule has 104 valence electrons. The molecule has 18 heavy (non-hydrogen) atoms. The quantitative estimate of drug-likeness (QED) is 0.521. The molecule has 0 spiro atoms. The highest BCUT2D eigenvalue weighted by Crippen LogP contribution is 2.06. The van der Waals surface area contributed by atoms with Crippen molar-refractivity contribution >= 4 is 17.9 Å². The van der Waals surface area contributed by atoms with Crippen molar-refractivity contribution in [1.29, 1.82) is 0 Å². The van der Waals surface area contributed by atoms with Crippen LogP contribution >= 0.6 is 0 Å². The standard InChI is InChI=1S/C11H21N3O4/c1-4-11(2,3)14-10(18)13-7(9(16)17)5-6-8(12)15/h7H,4-6H2,1-3H3,(H2,12,15)(H,16,17)(H2,13,14,18)/t7-/m0/s1. The fourth-order valence-corrected chi connectivity index (χ4v) is 1.13. The largest absolute Gasteiger partial charge is 0.480 e. The zero-order valence-corrected chi connectivity index (χ0v) is 10.9. The van der Waals surface area contributed by atoms with Crippen molar-refractivity contribution in [2.45, 2.75) is 51.6 Å². The highest BCUT2D eigenvalue weighted by atomic mass is 16.4. The monoisotopic (exact) mass is 259 g/mol. The fourth-order valence-electron chi connectivity index (χ4n) is 1.13. The van der Waals surface area contributed by atoms with E-state index in [-0.39, 0.29) is 12.8 Å². The molecule has 1 atom stereocenters. The molecule has 0 aromatic carbocycles. The van der Waals surface area contributed by atoms with Crippen LogP contribution in [-0.2, 0) is 9.59 Å². The van der Waals surface area contributed by atoms with Gasteiger partial charge in [-0.3, -0.25) is 4.79 Å². The summed E-state index contributed by atoms with van der Waals surface area (Å²) in [6.45, 7) is 5.56. The lowest BCUT2D eigenvalue weighted by molar-refractivity contribution is -0.139. The normalized spacial score (nSPS) is 12.6. The Hall–Kier alpha value is -1.79. The molecule has 0 fully saturated rings. The molecule has 5 N–H and O–H groups in total. The number of carbonyl (C=O) groups is 3. The van der Waals surface area contributed by atoms with Crippen LogP contribution in [0.5, 0.6) is 0 Å². The molecule has 0 unspecified atom stereocenters. The summed E-state index contributed by atoms with van der Waals surface area (Å²) in [7, 11) is 0. The molecule has 0 aliphatic heterocycles. The Kier molecular flexibility index (Phi) is 6.15. The van der Waals surface area contributed by atoms with Gasteiger partial charge in [0.25, 0.3) is 0 Å². The third-order valence-electron chi connectivity index (χ3n) is 2.62. The number of nitrogens with one attached hydrogen (secondary N) is 2. The van der Waals surface area contributed by atoms with E-state index in [0.717, 1.165) is 0 Å². The van der Waals surface area contributed by atoms with Gasteiger partial charge in [0.2, 0.25) is 5.91 Å². The minimum Gasteiger partial charge on any atom is -0.480 e. The van der Waals surface area contributed by atoms with Crippen LogP contribution in [-0.4, -0.2) is 34.6 Å². The summed E-state index contributed by atoms with van der Waals surface area (Å²) in [4.78, 5) is 33.1. The number of hydrogen-bond acceptors (Lipinski definition) is 3. The Morgan fingerprint density at radius 1 is 1.33 bits per heavy atom. The maximum atomic E-state index is 11.6. The molecule has 0 heterocycles. The minimum absolute atomic E-state index is 0.0232. The molecule has 0 bridgehead atoms. The van der Waals surface area contributed by atoms with E-state index in [1.165, 1.54) is 0 Å². The minimum atomic E-state index is -1.19. The lowest BCUT2D eigenvalue weighted by Crippen LogP contribution is -2.52. The Balaban J connectivity index is 4.37. The SMILES string of the molecule is CCC(C)(C)NC(=O)N[C@@H](CCC(N)=O)C(=O)O. The van der Waals surface area contributed by atoms with Gasteiger partial charge in [0, 0.05) is 12.0 Å². The predicted octanol–water partition coefficient (Wildman–Crippen LogP) is 0.193. The summed E-state index contributed by atoms with van der Waals surface area (Å²) in [5, 5.41) is 13.9. The Labute approximate surface area is 106 Å². The number of carboxylic acid groups (broad SMARTS) is 1. The van der Waals surface area contributed by atoms with Crippen LogP contribution in [0, 0.1) is 0 Å². The van der Waals surface area contributed by atoms with Crippen LogP contribution < -0.4 is 16.4 Å². The first-order valence-electron chi connectivity index (χ1n) is 5.77. The maximum Gasteiger partial charge on any atom is 0.326 e. The lowest BCUT2D eigenvalue weighted by Gasteiger charge is -2.25. The molecule has 0 saturated carbocycles. The van der Waals surface area contributed by atoms with Crippen molar-refractivity contribution in [1.82, 2.24) is 10.6 Å². The Morgan fingerprint density at radius 3 is 2.28 bits per heavy atom. The number of carboxylic acids is 1. The first-order valence-corrected chi connectivity index (χ1v) is 5.77. The van der Waals surface area contributed by atoms with Gasteiger partial charge in [0.1, 0.15) is 6.04 Å². The fraction of sp³-hybridized carbons (Fsp3) is 0.727. The van der Waals surface area contributed by atoms with Crippen molar-refractivity contribution in [3.05, 3.63) is 0 Å². The van der Waals surface area contributed by atoms with Gasteiger partial charge in [0.15, 0.2) is 0 Å². The van der Waals surface area contributed by atoms with Crippen LogP contribution in [0.4, 0.5) is 4.79 Å². The van der Waals surface area contributed by atoms with Crippen molar-refractivity contribution < 1.29 is 19.5 Å². The molecule has 7 nitrogen and oxygen atoms in total. The number of nitrogens with two attached hydrogens (primary N) is 1. The van der Waals surface area contributed by atoms with Gasteiger partial charge in [-0.15, -0.1) is 0 Å². The second kappa shape index (κ2) is 6.83. The molecule has 0 radical (unpaired) electrons. The molecular weight excluding hydrogens is 238 g/mol. The molecule has 0 aromatic heterocycles. The van der Waals surface area contributed by atoms with E-state index in [0.29, 0.717) is 6.42 Å². The van der Waals surface area contributed by atoms with Crippen LogP contribution in [0.3, 0.4) is 0 Å². The van der Waals surface area contributed by atoms with E-state index in [9.17, 15) is 14.4 Å². The molecule has 3 amide bonds. The summed E-state index contributed by atoms with van der Waals surface area (Å²) in [5.74, 6) is -1.79. The van der Waals surface area contributed by atoms with E-state index < -0.39 is 29.5 Å². The van der Waals surface area contributed by atoms with Crippen LogP contribution in [0.1, 0.15) is 40.0 Å². The van der Waals surface area contributed by atoms with Gasteiger partial charge in [-0.25, -0.2) is 9.59 Å². The molecule has 0 aromatic rings. The average molecular weight is 259 g/mol. The number of amides is 3. The number of aliphatic carboxylic acids is 1.